The lowest BCUT2D eigenvalue weighted by Crippen LogP contribution is -2.46. The zero-order chi connectivity index (χ0) is 15.8. The number of hydrogen-bond donors (Lipinski definition) is 0. The van der Waals surface area contributed by atoms with Crippen LogP contribution in [0.2, 0.25) is 0 Å². The summed E-state index contributed by atoms with van der Waals surface area (Å²) in [6.07, 6.45) is 1.37. The normalized spacial score (nSPS) is 22.5. The molecule has 2 atom stereocenters. The van der Waals surface area contributed by atoms with E-state index >= 15 is 0 Å². The van der Waals surface area contributed by atoms with E-state index in [0.717, 1.165) is 25.9 Å². The van der Waals surface area contributed by atoms with Crippen LogP contribution in [0, 0.1) is 0 Å². The first-order valence-corrected chi connectivity index (χ1v) is 7.81. The highest BCUT2D eigenvalue weighted by atomic mass is 16.5. The van der Waals surface area contributed by atoms with E-state index in [0.29, 0.717) is 31.1 Å². The fraction of sp³-hybridized carbons (Fsp3) is 0.588. The highest BCUT2D eigenvalue weighted by molar-refractivity contribution is 5.79. The lowest BCUT2D eigenvalue weighted by atomic mass is 10.2. The molecule has 2 rings (SSSR count). The number of nitrogens with zero attached hydrogens (tertiary/aromatic N) is 1. The van der Waals surface area contributed by atoms with Crippen molar-refractivity contribution in [1.29, 1.82) is 0 Å². The maximum absolute atomic E-state index is 10.9. The summed E-state index contributed by atoms with van der Waals surface area (Å²) in [6.45, 7) is 8.65. The monoisotopic (exact) mass is 307 g/mol. The summed E-state index contributed by atoms with van der Waals surface area (Å²) in [5.41, 5.74) is 0.568. The number of ether oxygens (including phenoxy) is 3. The van der Waals surface area contributed by atoms with Gasteiger partial charge in [0, 0.05) is 19.6 Å². The van der Waals surface area contributed by atoms with Crippen LogP contribution >= 0.6 is 0 Å². The molecule has 1 saturated heterocycles. The molecular weight excluding hydrogens is 282 g/mol. The summed E-state index contributed by atoms with van der Waals surface area (Å²) in [6, 6.07) is 7.20. The maximum Gasteiger partial charge on any atom is 0.153 e. The zero-order valence-corrected chi connectivity index (χ0v) is 13.4. The fourth-order valence-electron chi connectivity index (χ4n) is 2.68. The van der Waals surface area contributed by atoms with Gasteiger partial charge in [-0.1, -0.05) is 12.1 Å². The number of carbonyl (C=O) groups is 1. The fourth-order valence-corrected chi connectivity index (χ4v) is 2.68. The third kappa shape index (κ3) is 5.40. The second-order valence-electron chi connectivity index (χ2n) is 5.63. The molecule has 0 unspecified atom stereocenters. The number of carbonyl (C=O) groups excluding carboxylic acids is 1. The summed E-state index contributed by atoms with van der Waals surface area (Å²) in [7, 11) is 0. The molecule has 0 saturated carbocycles. The molecule has 1 aliphatic heterocycles. The molecule has 1 aromatic rings. The van der Waals surface area contributed by atoms with Gasteiger partial charge in [0.2, 0.25) is 0 Å². The standard InChI is InChI=1S/C17H25NO4/c1-14-11-18(12-15(2)22-14)7-8-20-9-10-21-17-6-4-3-5-16(17)13-19/h3-6,13-15H,7-12H2,1-2H3/t14-,15-/m1/s1. The van der Waals surface area contributed by atoms with E-state index in [9.17, 15) is 4.79 Å². The number of para-hydroxylation sites is 1. The Morgan fingerprint density at radius 3 is 2.64 bits per heavy atom. The molecule has 1 heterocycles. The highest BCUT2D eigenvalue weighted by Gasteiger charge is 2.21. The molecule has 0 amide bonds. The van der Waals surface area contributed by atoms with Crippen molar-refractivity contribution in [2.24, 2.45) is 0 Å². The minimum Gasteiger partial charge on any atom is -0.490 e. The Bertz CT molecular complexity index is 456. The van der Waals surface area contributed by atoms with Gasteiger partial charge in [0.05, 0.1) is 31.0 Å². The SMILES string of the molecule is C[C@@H]1CN(CCOCCOc2ccccc2C=O)C[C@@H](C)O1. The van der Waals surface area contributed by atoms with Crippen molar-refractivity contribution < 1.29 is 19.0 Å². The Balaban J connectivity index is 1.59. The molecule has 5 heteroatoms. The average molecular weight is 307 g/mol. The van der Waals surface area contributed by atoms with Crippen molar-refractivity contribution in [2.45, 2.75) is 26.1 Å². The van der Waals surface area contributed by atoms with Gasteiger partial charge in [0.25, 0.3) is 0 Å². The van der Waals surface area contributed by atoms with Crippen LogP contribution in [-0.2, 0) is 9.47 Å². The third-order valence-electron chi connectivity index (χ3n) is 3.58. The lowest BCUT2D eigenvalue weighted by molar-refractivity contribution is -0.0734. The van der Waals surface area contributed by atoms with Crippen LogP contribution in [0.5, 0.6) is 5.75 Å². The van der Waals surface area contributed by atoms with E-state index in [2.05, 4.69) is 18.7 Å². The quantitative estimate of drug-likeness (QED) is 0.543. The molecule has 0 aliphatic carbocycles. The van der Waals surface area contributed by atoms with Gasteiger partial charge in [-0.2, -0.15) is 0 Å². The zero-order valence-electron chi connectivity index (χ0n) is 13.4. The van der Waals surface area contributed by atoms with Gasteiger partial charge >= 0.3 is 0 Å². The van der Waals surface area contributed by atoms with Crippen LogP contribution in [0.3, 0.4) is 0 Å². The van der Waals surface area contributed by atoms with Gasteiger partial charge in [-0.25, -0.2) is 0 Å². The maximum atomic E-state index is 10.9. The van der Waals surface area contributed by atoms with Gasteiger partial charge in [-0.05, 0) is 26.0 Å². The van der Waals surface area contributed by atoms with Crippen LogP contribution in [0.25, 0.3) is 0 Å². The van der Waals surface area contributed by atoms with E-state index in [1.807, 2.05) is 12.1 Å². The number of aldehydes is 1. The molecule has 1 aromatic carbocycles. The Kier molecular flexibility index (Phi) is 6.83. The highest BCUT2D eigenvalue weighted by Crippen LogP contribution is 2.15. The molecule has 5 nitrogen and oxygen atoms in total. The number of morpholine rings is 1. The summed E-state index contributed by atoms with van der Waals surface area (Å²) in [4.78, 5) is 13.2. The van der Waals surface area contributed by atoms with Crippen molar-refractivity contribution in [3.63, 3.8) is 0 Å². The van der Waals surface area contributed by atoms with Crippen LogP contribution in [-0.4, -0.2) is 62.8 Å². The number of hydrogen-bond acceptors (Lipinski definition) is 5. The average Bonchev–Trinajstić information content (AvgIpc) is 2.50. The molecular formula is C17H25NO4. The lowest BCUT2D eigenvalue weighted by Gasteiger charge is -2.35. The first-order valence-electron chi connectivity index (χ1n) is 7.81. The predicted octanol–water partition coefficient (Wildman–Crippen LogP) is 2.00. The van der Waals surface area contributed by atoms with E-state index in [1.54, 1.807) is 12.1 Å². The van der Waals surface area contributed by atoms with Crippen LogP contribution in [0.4, 0.5) is 0 Å². The van der Waals surface area contributed by atoms with E-state index in [1.165, 1.54) is 0 Å². The first-order chi connectivity index (χ1) is 10.7. The van der Waals surface area contributed by atoms with Gasteiger partial charge in [-0.15, -0.1) is 0 Å². The molecule has 0 aromatic heterocycles. The van der Waals surface area contributed by atoms with Gasteiger partial charge in [-0.3, -0.25) is 9.69 Å². The summed E-state index contributed by atoms with van der Waals surface area (Å²) in [5, 5.41) is 0. The number of benzene rings is 1. The topological polar surface area (TPSA) is 48.0 Å². The summed E-state index contributed by atoms with van der Waals surface area (Å²) < 4.78 is 16.9. The van der Waals surface area contributed by atoms with Gasteiger partial charge in [0.1, 0.15) is 12.4 Å². The van der Waals surface area contributed by atoms with Crippen molar-refractivity contribution in [2.75, 3.05) is 39.5 Å². The Hall–Kier alpha value is -1.43. The molecule has 22 heavy (non-hydrogen) atoms. The second kappa shape index (κ2) is 8.88. The Labute approximate surface area is 132 Å². The molecule has 0 spiro atoms. The van der Waals surface area contributed by atoms with Crippen molar-refractivity contribution in [3.05, 3.63) is 29.8 Å². The summed E-state index contributed by atoms with van der Waals surface area (Å²) >= 11 is 0. The van der Waals surface area contributed by atoms with Gasteiger partial charge in [0.15, 0.2) is 6.29 Å². The predicted molar refractivity (Wildman–Crippen MR) is 84.6 cm³/mol. The second-order valence-corrected chi connectivity index (χ2v) is 5.63. The molecule has 1 aliphatic rings. The molecule has 122 valence electrons. The van der Waals surface area contributed by atoms with E-state index in [-0.39, 0.29) is 12.2 Å². The smallest absolute Gasteiger partial charge is 0.153 e. The van der Waals surface area contributed by atoms with E-state index in [4.69, 9.17) is 14.2 Å². The van der Waals surface area contributed by atoms with Crippen LogP contribution < -0.4 is 4.74 Å². The first kappa shape index (κ1) is 16.9. The molecule has 1 fully saturated rings. The van der Waals surface area contributed by atoms with Crippen molar-refractivity contribution in [3.8, 4) is 5.75 Å². The minimum atomic E-state index is 0.284. The van der Waals surface area contributed by atoms with Crippen LogP contribution in [0.1, 0.15) is 24.2 Å². The van der Waals surface area contributed by atoms with Gasteiger partial charge < -0.3 is 14.2 Å². The molecule has 0 radical (unpaired) electrons. The molecule has 0 bridgehead atoms. The summed E-state index contributed by atoms with van der Waals surface area (Å²) in [5.74, 6) is 0.608. The largest absolute Gasteiger partial charge is 0.490 e. The minimum absolute atomic E-state index is 0.284. The van der Waals surface area contributed by atoms with Crippen molar-refractivity contribution in [1.82, 2.24) is 4.90 Å². The number of rotatable bonds is 8. The Morgan fingerprint density at radius 1 is 1.18 bits per heavy atom. The van der Waals surface area contributed by atoms with Crippen LogP contribution in [0.15, 0.2) is 24.3 Å². The van der Waals surface area contributed by atoms with Crippen molar-refractivity contribution >= 4 is 6.29 Å². The molecule has 0 N–H and O–H groups in total. The Morgan fingerprint density at radius 2 is 1.91 bits per heavy atom. The third-order valence-corrected chi connectivity index (χ3v) is 3.58. The van der Waals surface area contributed by atoms with E-state index < -0.39 is 0 Å².